The number of hydrogen-bond donors (Lipinski definition) is 2. The van der Waals surface area contributed by atoms with E-state index >= 15 is 0 Å². The molecule has 0 aromatic heterocycles. The highest BCUT2D eigenvalue weighted by atomic mass is 32.2. The van der Waals surface area contributed by atoms with Crippen LogP contribution < -0.4 is 5.32 Å². The van der Waals surface area contributed by atoms with E-state index in [4.69, 9.17) is 4.74 Å². The summed E-state index contributed by atoms with van der Waals surface area (Å²) in [5.41, 5.74) is 4.58. The average Bonchev–Trinajstić information content (AvgIpc) is 3.18. The van der Waals surface area contributed by atoms with Gasteiger partial charge in [-0.3, -0.25) is 9.59 Å². The van der Waals surface area contributed by atoms with Crippen LogP contribution in [0.15, 0.2) is 48.5 Å². The number of nitrogens with zero attached hydrogens (tertiary/aromatic N) is 1. The van der Waals surface area contributed by atoms with E-state index in [2.05, 4.69) is 29.6 Å². The normalized spacial score (nSPS) is 20.0. The van der Waals surface area contributed by atoms with Gasteiger partial charge in [0.05, 0.1) is 5.92 Å². The van der Waals surface area contributed by atoms with E-state index in [1.165, 1.54) is 0 Å². The molecule has 0 radical (unpaired) electrons. The second kappa shape index (κ2) is 11.2. The van der Waals surface area contributed by atoms with E-state index in [1.54, 1.807) is 16.7 Å². The Balaban J connectivity index is 1.40. The van der Waals surface area contributed by atoms with Crippen molar-refractivity contribution in [2.45, 2.75) is 44.2 Å². The number of amides is 2. The molecule has 186 valence electrons. The number of hydrogen-bond acceptors (Lipinski definition) is 5. The van der Waals surface area contributed by atoms with E-state index in [9.17, 15) is 19.5 Å². The zero-order chi connectivity index (χ0) is 24.9. The Bertz CT molecular complexity index is 1050. The fourth-order valence-corrected chi connectivity index (χ4v) is 5.67. The Morgan fingerprint density at radius 3 is 2.31 bits per heavy atom. The number of carbonyl (C=O) groups is 3. The molecule has 8 heteroatoms. The molecule has 1 aliphatic carbocycles. The number of aliphatic carboxylic acids is 1. The first-order chi connectivity index (χ1) is 16.9. The van der Waals surface area contributed by atoms with Crippen LogP contribution in [0.4, 0.5) is 4.79 Å². The summed E-state index contributed by atoms with van der Waals surface area (Å²) >= 11 is 1.60. The molecular weight excluding hydrogens is 464 g/mol. The fourth-order valence-electron chi connectivity index (χ4n) is 5.20. The van der Waals surface area contributed by atoms with Gasteiger partial charge in [0, 0.05) is 18.5 Å². The highest BCUT2D eigenvalue weighted by molar-refractivity contribution is 7.98. The second-order valence-corrected chi connectivity index (χ2v) is 10.2. The molecule has 2 aromatic rings. The average molecular weight is 497 g/mol. The number of carboxylic acids is 1. The second-order valence-electron chi connectivity index (χ2n) is 9.24. The summed E-state index contributed by atoms with van der Waals surface area (Å²) in [6.45, 7) is 2.43. The number of carboxylic acid groups (broad SMARTS) is 1. The summed E-state index contributed by atoms with van der Waals surface area (Å²) in [6, 6.07) is 15.4. The SMILES string of the molecule is CSCCC(NC(=O)OCC1c2ccccc2-c2ccccc21)C(=O)N1CC[C@@H](C(=O)O)C[C@H]1C. The number of thioether (sulfide) groups is 1. The van der Waals surface area contributed by atoms with Crippen LogP contribution in [-0.4, -0.2) is 65.2 Å². The molecular formula is C27H32N2O5S. The number of benzene rings is 2. The van der Waals surface area contributed by atoms with Gasteiger partial charge in [-0.2, -0.15) is 11.8 Å². The fraction of sp³-hybridized carbons (Fsp3) is 0.444. The molecule has 1 heterocycles. The molecule has 1 fully saturated rings. The van der Waals surface area contributed by atoms with Crippen LogP contribution in [0, 0.1) is 5.92 Å². The molecule has 4 rings (SSSR count). The van der Waals surface area contributed by atoms with Crippen molar-refractivity contribution >= 4 is 29.7 Å². The van der Waals surface area contributed by atoms with Gasteiger partial charge in [-0.15, -0.1) is 0 Å². The molecule has 2 amide bonds. The van der Waals surface area contributed by atoms with Crippen molar-refractivity contribution in [1.82, 2.24) is 10.2 Å². The Kier molecular flexibility index (Phi) is 8.00. The maximum Gasteiger partial charge on any atom is 0.407 e. The maximum absolute atomic E-state index is 13.3. The lowest BCUT2D eigenvalue weighted by Gasteiger charge is -2.38. The molecule has 1 saturated heterocycles. The van der Waals surface area contributed by atoms with Crippen molar-refractivity contribution in [3.8, 4) is 11.1 Å². The third kappa shape index (κ3) is 5.48. The number of alkyl carbamates (subject to hydrolysis) is 1. The first-order valence-corrected chi connectivity index (χ1v) is 13.4. The molecule has 0 spiro atoms. The molecule has 3 atom stereocenters. The summed E-state index contributed by atoms with van der Waals surface area (Å²) in [5, 5.41) is 12.1. The largest absolute Gasteiger partial charge is 0.481 e. The van der Waals surface area contributed by atoms with Gasteiger partial charge in [0.1, 0.15) is 12.6 Å². The molecule has 2 aliphatic rings. The maximum atomic E-state index is 13.3. The predicted molar refractivity (Wildman–Crippen MR) is 137 cm³/mol. The number of piperidine rings is 1. The molecule has 2 aromatic carbocycles. The van der Waals surface area contributed by atoms with Gasteiger partial charge in [0.15, 0.2) is 0 Å². The number of likely N-dealkylation sites (tertiary alicyclic amines) is 1. The van der Waals surface area contributed by atoms with E-state index < -0.39 is 24.0 Å². The molecule has 0 saturated carbocycles. The van der Waals surface area contributed by atoms with Gasteiger partial charge < -0.3 is 20.1 Å². The van der Waals surface area contributed by atoms with E-state index in [-0.39, 0.29) is 24.5 Å². The Morgan fingerprint density at radius 1 is 1.11 bits per heavy atom. The quantitative estimate of drug-likeness (QED) is 0.564. The van der Waals surface area contributed by atoms with Crippen molar-refractivity contribution in [3.63, 3.8) is 0 Å². The summed E-state index contributed by atoms with van der Waals surface area (Å²) in [4.78, 5) is 39.2. The van der Waals surface area contributed by atoms with Crippen molar-refractivity contribution < 1.29 is 24.2 Å². The summed E-state index contributed by atoms with van der Waals surface area (Å²) in [5.74, 6) is -0.777. The Labute approximate surface area is 210 Å². The van der Waals surface area contributed by atoms with Crippen molar-refractivity contribution in [3.05, 3.63) is 59.7 Å². The number of fused-ring (bicyclic) bond motifs is 3. The van der Waals surface area contributed by atoms with E-state index in [0.717, 1.165) is 22.3 Å². The number of nitrogens with one attached hydrogen (secondary N) is 1. The molecule has 2 N–H and O–H groups in total. The molecule has 35 heavy (non-hydrogen) atoms. The van der Waals surface area contributed by atoms with Gasteiger partial charge >= 0.3 is 12.1 Å². The zero-order valence-corrected chi connectivity index (χ0v) is 20.9. The Hall–Kier alpha value is -3.00. The molecule has 1 aliphatic heterocycles. The first kappa shape index (κ1) is 25.1. The Morgan fingerprint density at radius 2 is 1.74 bits per heavy atom. The summed E-state index contributed by atoms with van der Waals surface area (Å²) in [6.07, 6.45) is 2.66. The smallest absolute Gasteiger partial charge is 0.407 e. The van der Waals surface area contributed by atoms with Crippen molar-refractivity contribution in [1.29, 1.82) is 0 Å². The molecule has 7 nitrogen and oxygen atoms in total. The predicted octanol–water partition coefficient (Wildman–Crippen LogP) is 4.36. The van der Waals surface area contributed by atoms with Gasteiger partial charge in [-0.1, -0.05) is 48.5 Å². The molecule has 1 unspecified atom stereocenters. The van der Waals surface area contributed by atoms with Crippen LogP contribution >= 0.6 is 11.8 Å². The van der Waals surface area contributed by atoms with Gasteiger partial charge in [0.2, 0.25) is 5.91 Å². The zero-order valence-electron chi connectivity index (χ0n) is 20.1. The highest BCUT2D eigenvalue weighted by Gasteiger charge is 2.36. The van der Waals surface area contributed by atoms with Crippen LogP contribution in [0.3, 0.4) is 0 Å². The van der Waals surface area contributed by atoms with E-state index in [1.807, 2.05) is 37.4 Å². The summed E-state index contributed by atoms with van der Waals surface area (Å²) in [7, 11) is 0. The third-order valence-corrected chi connectivity index (χ3v) is 7.70. The van der Waals surface area contributed by atoms with Gasteiger partial charge in [-0.05, 0) is 60.4 Å². The van der Waals surface area contributed by atoms with Crippen molar-refractivity contribution in [2.75, 3.05) is 25.2 Å². The number of carbonyl (C=O) groups excluding carboxylic acids is 2. The van der Waals surface area contributed by atoms with Crippen LogP contribution in [0.25, 0.3) is 11.1 Å². The minimum Gasteiger partial charge on any atom is -0.481 e. The highest BCUT2D eigenvalue weighted by Crippen LogP contribution is 2.44. The lowest BCUT2D eigenvalue weighted by Crippen LogP contribution is -2.54. The topological polar surface area (TPSA) is 95.9 Å². The number of rotatable bonds is 8. The van der Waals surface area contributed by atoms with Gasteiger partial charge in [0.25, 0.3) is 0 Å². The monoisotopic (exact) mass is 496 g/mol. The van der Waals surface area contributed by atoms with Crippen LogP contribution in [-0.2, 0) is 14.3 Å². The lowest BCUT2D eigenvalue weighted by atomic mass is 9.91. The van der Waals surface area contributed by atoms with Crippen LogP contribution in [0.1, 0.15) is 43.2 Å². The van der Waals surface area contributed by atoms with Gasteiger partial charge in [-0.25, -0.2) is 4.79 Å². The van der Waals surface area contributed by atoms with Crippen LogP contribution in [0.2, 0.25) is 0 Å². The van der Waals surface area contributed by atoms with Crippen molar-refractivity contribution in [2.24, 2.45) is 5.92 Å². The van der Waals surface area contributed by atoms with E-state index in [0.29, 0.717) is 31.6 Å². The minimum absolute atomic E-state index is 0.0523. The first-order valence-electron chi connectivity index (χ1n) is 12.0. The molecule has 0 bridgehead atoms. The standard InChI is InChI=1S/C27H32N2O5S/c1-17-15-18(26(31)32)11-13-29(17)25(30)24(12-14-35-2)28-27(33)34-16-23-21-9-5-3-7-19(21)20-8-4-6-10-22(20)23/h3-10,17-18,23-24H,11-16H2,1-2H3,(H,28,33)(H,31,32)/t17-,18-,24?/m1/s1. The lowest BCUT2D eigenvalue weighted by molar-refractivity contribution is -0.148. The number of ether oxygens (including phenoxy) is 1. The summed E-state index contributed by atoms with van der Waals surface area (Å²) < 4.78 is 5.66. The van der Waals surface area contributed by atoms with Crippen LogP contribution in [0.5, 0.6) is 0 Å². The third-order valence-electron chi connectivity index (χ3n) is 7.05. The minimum atomic E-state index is -0.820.